The zero-order chi connectivity index (χ0) is 19.2. The predicted molar refractivity (Wildman–Crippen MR) is 96.9 cm³/mol. The molecule has 3 aromatic rings. The Labute approximate surface area is 156 Å². The van der Waals surface area contributed by atoms with E-state index >= 15 is 0 Å². The number of carbonyl (C=O) groups is 1. The molecule has 0 aliphatic carbocycles. The number of amides is 1. The third-order valence-electron chi connectivity index (χ3n) is 3.97. The number of aromatic nitrogens is 2. The number of hydrogen-bond acceptors (Lipinski definition) is 5. The second-order valence-corrected chi connectivity index (χ2v) is 6.19. The van der Waals surface area contributed by atoms with Crippen molar-refractivity contribution in [1.29, 1.82) is 0 Å². The minimum atomic E-state index is -0.327. The highest BCUT2D eigenvalue weighted by atomic mass is 19.1. The SMILES string of the molecule is Cc1cccc(C(=O)N(C)CCc2noc(COc3ccc(F)cc3)n2)c1. The van der Waals surface area contributed by atoms with Gasteiger partial charge in [-0.15, -0.1) is 0 Å². The van der Waals surface area contributed by atoms with Gasteiger partial charge < -0.3 is 14.2 Å². The van der Waals surface area contributed by atoms with Crippen LogP contribution in [-0.2, 0) is 13.0 Å². The maximum atomic E-state index is 12.9. The van der Waals surface area contributed by atoms with Crippen molar-refractivity contribution in [1.82, 2.24) is 15.0 Å². The molecule has 27 heavy (non-hydrogen) atoms. The van der Waals surface area contributed by atoms with E-state index in [2.05, 4.69) is 10.1 Å². The number of aryl methyl sites for hydroxylation is 1. The van der Waals surface area contributed by atoms with Crippen LogP contribution in [0.5, 0.6) is 5.75 Å². The van der Waals surface area contributed by atoms with Crippen molar-refractivity contribution in [2.75, 3.05) is 13.6 Å². The molecule has 0 unspecified atom stereocenters. The summed E-state index contributed by atoms with van der Waals surface area (Å²) in [6.45, 7) is 2.51. The van der Waals surface area contributed by atoms with E-state index in [4.69, 9.17) is 9.26 Å². The number of ether oxygens (including phenoxy) is 1. The van der Waals surface area contributed by atoms with E-state index in [1.807, 2.05) is 25.1 Å². The van der Waals surface area contributed by atoms with Gasteiger partial charge in [-0.05, 0) is 43.3 Å². The lowest BCUT2D eigenvalue weighted by Gasteiger charge is -2.16. The fourth-order valence-corrected chi connectivity index (χ4v) is 2.49. The Kier molecular flexibility index (Phi) is 5.80. The van der Waals surface area contributed by atoms with Crippen molar-refractivity contribution in [2.24, 2.45) is 0 Å². The number of rotatable bonds is 7. The van der Waals surface area contributed by atoms with Crippen molar-refractivity contribution in [3.8, 4) is 5.75 Å². The molecule has 0 aliphatic heterocycles. The second kappa shape index (κ2) is 8.44. The summed E-state index contributed by atoms with van der Waals surface area (Å²) in [4.78, 5) is 18.3. The van der Waals surface area contributed by atoms with Crippen molar-refractivity contribution >= 4 is 5.91 Å². The summed E-state index contributed by atoms with van der Waals surface area (Å²) in [6.07, 6.45) is 0.466. The van der Waals surface area contributed by atoms with Crippen LogP contribution in [0.25, 0.3) is 0 Å². The van der Waals surface area contributed by atoms with E-state index in [9.17, 15) is 9.18 Å². The van der Waals surface area contributed by atoms with Gasteiger partial charge in [0.2, 0.25) is 0 Å². The first-order valence-corrected chi connectivity index (χ1v) is 8.53. The molecule has 0 fully saturated rings. The van der Waals surface area contributed by atoms with E-state index in [-0.39, 0.29) is 18.3 Å². The molecule has 6 nitrogen and oxygen atoms in total. The number of halogens is 1. The Morgan fingerprint density at radius 1 is 1.22 bits per heavy atom. The third-order valence-corrected chi connectivity index (χ3v) is 3.97. The number of carbonyl (C=O) groups excluding carboxylic acids is 1. The Balaban J connectivity index is 1.50. The Bertz CT molecular complexity index is 909. The molecule has 0 spiro atoms. The van der Waals surface area contributed by atoms with Crippen molar-refractivity contribution in [3.63, 3.8) is 0 Å². The smallest absolute Gasteiger partial charge is 0.264 e. The summed E-state index contributed by atoms with van der Waals surface area (Å²) in [6, 6.07) is 13.2. The molecule has 0 aliphatic rings. The predicted octanol–water partition coefficient (Wildman–Crippen LogP) is 3.41. The maximum absolute atomic E-state index is 12.9. The van der Waals surface area contributed by atoms with Crippen LogP contribution < -0.4 is 4.74 Å². The third kappa shape index (κ3) is 5.13. The quantitative estimate of drug-likeness (QED) is 0.638. The molecule has 140 valence electrons. The summed E-state index contributed by atoms with van der Waals surface area (Å²) < 4.78 is 23.5. The zero-order valence-corrected chi connectivity index (χ0v) is 15.2. The molecule has 0 bridgehead atoms. The van der Waals surface area contributed by atoms with Crippen LogP contribution in [-0.4, -0.2) is 34.5 Å². The molecule has 0 radical (unpaired) electrons. The van der Waals surface area contributed by atoms with E-state index < -0.39 is 0 Å². The Morgan fingerprint density at radius 2 is 2.00 bits per heavy atom. The molecular formula is C20H20FN3O3. The molecular weight excluding hydrogens is 349 g/mol. The van der Waals surface area contributed by atoms with Gasteiger partial charge in [0, 0.05) is 25.6 Å². The highest BCUT2D eigenvalue weighted by molar-refractivity contribution is 5.94. The minimum absolute atomic E-state index is 0.0536. The number of likely N-dealkylation sites (N-methyl/N-ethyl adjacent to an activating group) is 1. The van der Waals surface area contributed by atoms with Crippen LogP contribution in [0.15, 0.2) is 53.1 Å². The average molecular weight is 369 g/mol. The van der Waals surface area contributed by atoms with E-state index in [1.54, 1.807) is 18.0 Å². The van der Waals surface area contributed by atoms with Crippen LogP contribution >= 0.6 is 0 Å². The monoisotopic (exact) mass is 369 g/mol. The van der Waals surface area contributed by atoms with E-state index in [1.165, 1.54) is 24.3 Å². The fourth-order valence-electron chi connectivity index (χ4n) is 2.49. The highest BCUT2D eigenvalue weighted by Crippen LogP contribution is 2.13. The minimum Gasteiger partial charge on any atom is -0.484 e. The molecule has 0 saturated heterocycles. The molecule has 1 amide bonds. The normalized spacial score (nSPS) is 10.6. The van der Waals surface area contributed by atoms with Gasteiger partial charge in [0.1, 0.15) is 11.6 Å². The van der Waals surface area contributed by atoms with Gasteiger partial charge in [0.15, 0.2) is 12.4 Å². The Morgan fingerprint density at radius 3 is 2.74 bits per heavy atom. The highest BCUT2D eigenvalue weighted by Gasteiger charge is 2.14. The van der Waals surface area contributed by atoms with Crippen LogP contribution in [0.3, 0.4) is 0 Å². The molecule has 0 N–H and O–H groups in total. The number of nitrogens with zero attached hydrogens (tertiary/aromatic N) is 3. The maximum Gasteiger partial charge on any atom is 0.264 e. The summed E-state index contributed by atoms with van der Waals surface area (Å²) in [5.74, 6) is 0.951. The van der Waals surface area contributed by atoms with Crippen LogP contribution in [0.2, 0.25) is 0 Å². The van der Waals surface area contributed by atoms with Gasteiger partial charge in [-0.1, -0.05) is 22.9 Å². The molecule has 1 heterocycles. The van der Waals surface area contributed by atoms with Gasteiger partial charge in [0.25, 0.3) is 11.8 Å². The summed E-state index contributed by atoms with van der Waals surface area (Å²) in [5.41, 5.74) is 1.69. The lowest BCUT2D eigenvalue weighted by molar-refractivity contribution is 0.0795. The van der Waals surface area contributed by atoms with E-state index in [0.717, 1.165) is 5.56 Å². The summed E-state index contributed by atoms with van der Waals surface area (Å²) >= 11 is 0. The standard InChI is InChI=1S/C20H20FN3O3/c1-14-4-3-5-15(12-14)20(25)24(2)11-10-18-22-19(27-23-18)13-26-17-8-6-16(21)7-9-17/h3-9,12H,10-11,13H2,1-2H3. The van der Waals surface area contributed by atoms with E-state index in [0.29, 0.717) is 36.0 Å². The zero-order valence-electron chi connectivity index (χ0n) is 15.2. The number of hydrogen-bond donors (Lipinski definition) is 0. The molecule has 0 atom stereocenters. The van der Waals surface area contributed by atoms with Crippen molar-refractivity contribution in [3.05, 3.63) is 77.2 Å². The molecule has 2 aromatic carbocycles. The molecule has 3 rings (SSSR count). The van der Waals surface area contributed by atoms with Crippen LogP contribution in [0, 0.1) is 12.7 Å². The van der Waals surface area contributed by atoms with Gasteiger partial charge in [0.05, 0.1) is 0 Å². The first-order chi connectivity index (χ1) is 13.0. The lowest BCUT2D eigenvalue weighted by Crippen LogP contribution is -2.29. The first-order valence-electron chi connectivity index (χ1n) is 8.53. The second-order valence-electron chi connectivity index (χ2n) is 6.19. The largest absolute Gasteiger partial charge is 0.484 e. The molecule has 7 heteroatoms. The van der Waals surface area contributed by atoms with Crippen molar-refractivity contribution < 1.29 is 18.4 Å². The topological polar surface area (TPSA) is 68.5 Å². The summed E-state index contributed by atoms with van der Waals surface area (Å²) in [7, 11) is 1.74. The van der Waals surface area contributed by atoms with Gasteiger partial charge in [-0.2, -0.15) is 4.98 Å². The average Bonchev–Trinajstić information content (AvgIpc) is 3.13. The number of benzene rings is 2. The lowest BCUT2D eigenvalue weighted by atomic mass is 10.1. The Hall–Kier alpha value is -3.22. The van der Waals surface area contributed by atoms with Gasteiger partial charge in [-0.3, -0.25) is 4.79 Å². The van der Waals surface area contributed by atoms with Gasteiger partial charge in [-0.25, -0.2) is 4.39 Å². The molecule has 1 aromatic heterocycles. The molecule has 0 saturated carbocycles. The van der Waals surface area contributed by atoms with Gasteiger partial charge >= 0.3 is 0 Å². The first kappa shape index (κ1) is 18.6. The fraction of sp³-hybridized carbons (Fsp3) is 0.250. The van der Waals surface area contributed by atoms with Crippen LogP contribution in [0.4, 0.5) is 4.39 Å². The summed E-state index contributed by atoms with van der Waals surface area (Å²) in [5, 5.41) is 3.90. The van der Waals surface area contributed by atoms with Crippen LogP contribution in [0.1, 0.15) is 27.6 Å². The van der Waals surface area contributed by atoms with Crippen molar-refractivity contribution in [2.45, 2.75) is 20.0 Å².